The standard InChI is InChI=1S/C24H31N3O6/c1-24(2,3)33-23(30)25-13-12-20(28)27-17-9-6-8-16(14-17)15-26-22(29)21-18(31-4)10-7-11-19(21)32-5/h6-11,14H,12-13,15H2,1-5H3,(H,25,30)(H,26,29)(H,27,28). The highest BCUT2D eigenvalue weighted by Gasteiger charge is 2.18. The van der Waals surface area contributed by atoms with E-state index in [1.165, 1.54) is 14.2 Å². The first-order chi connectivity index (χ1) is 15.6. The van der Waals surface area contributed by atoms with E-state index in [1.807, 2.05) is 6.07 Å². The number of anilines is 1. The van der Waals surface area contributed by atoms with E-state index in [-0.39, 0.29) is 31.3 Å². The second kappa shape index (κ2) is 11.8. The van der Waals surface area contributed by atoms with Crippen molar-refractivity contribution in [1.82, 2.24) is 10.6 Å². The Hall–Kier alpha value is -3.75. The summed E-state index contributed by atoms with van der Waals surface area (Å²) >= 11 is 0. The molecule has 0 radical (unpaired) electrons. The van der Waals surface area contributed by atoms with Crippen LogP contribution in [0.25, 0.3) is 0 Å². The minimum Gasteiger partial charge on any atom is -0.496 e. The first-order valence-corrected chi connectivity index (χ1v) is 10.5. The van der Waals surface area contributed by atoms with Gasteiger partial charge in [-0.05, 0) is 50.6 Å². The molecule has 178 valence electrons. The van der Waals surface area contributed by atoms with Crippen LogP contribution in [0.15, 0.2) is 42.5 Å². The number of amides is 3. The van der Waals surface area contributed by atoms with Gasteiger partial charge in [0, 0.05) is 25.2 Å². The molecule has 9 heteroatoms. The van der Waals surface area contributed by atoms with Crippen LogP contribution in [0.3, 0.4) is 0 Å². The minimum atomic E-state index is -0.598. The predicted molar refractivity (Wildman–Crippen MR) is 125 cm³/mol. The van der Waals surface area contributed by atoms with Crippen LogP contribution in [0.5, 0.6) is 11.5 Å². The molecule has 2 aromatic carbocycles. The molecule has 0 unspecified atom stereocenters. The van der Waals surface area contributed by atoms with Gasteiger partial charge < -0.3 is 30.2 Å². The van der Waals surface area contributed by atoms with Crippen molar-refractivity contribution in [3.8, 4) is 11.5 Å². The molecule has 0 bridgehead atoms. The summed E-state index contributed by atoms with van der Waals surface area (Å²) in [6.45, 7) is 5.69. The predicted octanol–water partition coefficient (Wildman–Crippen LogP) is 3.49. The lowest BCUT2D eigenvalue weighted by Gasteiger charge is -2.19. The molecule has 0 heterocycles. The Morgan fingerprint density at radius 2 is 1.55 bits per heavy atom. The maximum atomic E-state index is 12.7. The molecule has 3 amide bonds. The van der Waals surface area contributed by atoms with Gasteiger partial charge >= 0.3 is 6.09 Å². The summed E-state index contributed by atoms with van der Waals surface area (Å²) in [6.07, 6.45) is -0.479. The quantitative estimate of drug-likeness (QED) is 0.531. The zero-order valence-electron chi connectivity index (χ0n) is 19.6. The van der Waals surface area contributed by atoms with E-state index in [2.05, 4.69) is 16.0 Å². The number of nitrogens with one attached hydrogen (secondary N) is 3. The number of alkyl carbamates (subject to hydrolysis) is 1. The number of rotatable bonds is 9. The van der Waals surface area contributed by atoms with E-state index >= 15 is 0 Å². The van der Waals surface area contributed by atoms with E-state index in [0.29, 0.717) is 22.7 Å². The first-order valence-electron chi connectivity index (χ1n) is 10.5. The molecule has 0 aliphatic heterocycles. The molecule has 9 nitrogen and oxygen atoms in total. The lowest BCUT2D eigenvalue weighted by Crippen LogP contribution is -2.34. The molecular weight excluding hydrogens is 426 g/mol. The highest BCUT2D eigenvalue weighted by atomic mass is 16.6. The maximum Gasteiger partial charge on any atom is 0.407 e. The third-order valence-corrected chi connectivity index (χ3v) is 4.34. The summed E-state index contributed by atoms with van der Waals surface area (Å²) < 4.78 is 15.7. The Morgan fingerprint density at radius 1 is 0.909 bits per heavy atom. The fourth-order valence-electron chi connectivity index (χ4n) is 2.92. The largest absolute Gasteiger partial charge is 0.496 e. The van der Waals surface area contributed by atoms with Crippen molar-refractivity contribution in [1.29, 1.82) is 0 Å². The molecule has 0 aromatic heterocycles. The van der Waals surface area contributed by atoms with Crippen LogP contribution in [-0.4, -0.2) is 44.3 Å². The van der Waals surface area contributed by atoms with Crippen LogP contribution in [0.2, 0.25) is 0 Å². The summed E-state index contributed by atoms with van der Waals surface area (Å²) in [5.41, 5.74) is 1.09. The molecule has 0 aliphatic rings. The smallest absolute Gasteiger partial charge is 0.407 e. The Bertz CT molecular complexity index is 962. The fourth-order valence-corrected chi connectivity index (χ4v) is 2.92. The SMILES string of the molecule is COc1cccc(OC)c1C(=O)NCc1cccc(NC(=O)CCNC(=O)OC(C)(C)C)c1. The highest BCUT2D eigenvalue weighted by Crippen LogP contribution is 2.28. The summed E-state index contributed by atoms with van der Waals surface area (Å²) in [5.74, 6) is 0.221. The molecule has 2 rings (SSSR count). The number of methoxy groups -OCH3 is 2. The van der Waals surface area contributed by atoms with Gasteiger partial charge in [-0.1, -0.05) is 18.2 Å². The molecule has 2 aromatic rings. The third-order valence-electron chi connectivity index (χ3n) is 4.34. The van der Waals surface area contributed by atoms with E-state index in [1.54, 1.807) is 57.2 Å². The van der Waals surface area contributed by atoms with Crippen LogP contribution >= 0.6 is 0 Å². The van der Waals surface area contributed by atoms with E-state index in [4.69, 9.17) is 14.2 Å². The van der Waals surface area contributed by atoms with Gasteiger partial charge in [0.05, 0.1) is 14.2 Å². The molecule has 0 saturated carbocycles. The zero-order chi connectivity index (χ0) is 24.4. The number of ether oxygens (including phenoxy) is 3. The average Bonchev–Trinajstić information content (AvgIpc) is 2.75. The normalized spacial score (nSPS) is 10.7. The van der Waals surface area contributed by atoms with Crippen LogP contribution in [-0.2, 0) is 16.1 Å². The maximum absolute atomic E-state index is 12.7. The summed E-state index contributed by atoms with van der Waals surface area (Å²) in [7, 11) is 2.97. The summed E-state index contributed by atoms with van der Waals surface area (Å²) in [6, 6.07) is 12.2. The number of benzene rings is 2. The topological polar surface area (TPSA) is 115 Å². The Morgan fingerprint density at radius 3 is 2.15 bits per heavy atom. The van der Waals surface area contributed by atoms with Crippen molar-refractivity contribution in [2.75, 3.05) is 26.1 Å². The fraction of sp³-hybridized carbons (Fsp3) is 0.375. The van der Waals surface area contributed by atoms with E-state index in [0.717, 1.165) is 5.56 Å². The van der Waals surface area contributed by atoms with Gasteiger partial charge in [-0.3, -0.25) is 9.59 Å². The zero-order valence-corrected chi connectivity index (χ0v) is 19.6. The van der Waals surface area contributed by atoms with Gasteiger partial charge in [-0.2, -0.15) is 0 Å². The second-order valence-corrected chi connectivity index (χ2v) is 8.15. The monoisotopic (exact) mass is 457 g/mol. The summed E-state index contributed by atoms with van der Waals surface area (Å²) in [4.78, 5) is 36.5. The molecular formula is C24H31N3O6. The Kier molecular flexibility index (Phi) is 9.08. The second-order valence-electron chi connectivity index (χ2n) is 8.15. The van der Waals surface area contributed by atoms with Gasteiger partial charge in [0.2, 0.25) is 5.91 Å². The lowest BCUT2D eigenvalue weighted by molar-refractivity contribution is -0.116. The van der Waals surface area contributed by atoms with Crippen LogP contribution in [0, 0.1) is 0 Å². The van der Waals surface area contributed by atoms with Gasteiger partial charge in [-0.15, -0.1) is 0 Å². The number of carbonyl (C=O) groups is 3. The number of hydrogen-bond donors (Lipinski definition) is 3. The van der Waals surface area contributed by atoms with Crippen molar-refractivity contribution in [3.05, 3.63) is 53.6 Å². The Balaban J connectivity index is 1.89. The number of carbonyl (C=O) groups excluding carboxylic acids is 3. The van der Waals surface area contributed by atoms with Gasteiger partial charge in [-0.25, -0.2) is 4.79 Å². The molecule has 0 atom stereocenters. The van der Waals surface area contributed by atoms with E-state index in [9.17, 15) is 14.4 Å². The van der Waals surface area contributed by atoms with Crippen molar-refractivity contribution in [2.24, 2.45) is 0 Å². The van der Waals surface area contributed by atoms with Crippen LogP contribution in [0.1, 0.15) is 43.1 Å². The van der Waals surface area contributed by atoms with Crippen molar-refractivity contribution in [2.45, 2.75) is 39.3 Å². The van der Waals surface area contributed by atoms with Gasteiger partial charge in [0.1, 0.15) is 22.7 Å². The van der Waals surface area contributed by atoms with Crippen molar-refractivity contribution < 1.29 is 28.6 Å². The molecule has 0 fully saturated rings. The molecule has 3 N–H and O–H groups in total. The average molecular weight is 458 g/mol. The summed E-state index contributed by atoms with van der Waals surface area (Å²) in [5, 5.41) is 8.16. The van der Waals surface area contributed by atoms with Crippen molar-refractivity contribution >= 4 is 23.6 Å². The molecule has 0 saturated heterocycles. The molecule has 0 aliphatic carbocycles. The van der Waals surface area contributed by atoms with Crippen molar-refractivity contribution in [3.63, 3.8) is 0 Å². The number of hydrogen-bond acceptors (Lipinski definition) is 6. The first kappa shape index (κ1) is 25.5. The Labute approximate surface area is 193 Å². The molecule has 0 spiro atoms. The van der Waals surface area contributed by atoms with Gasteiger partial charge in [0.15, 0.2) is 0 Å². The third kappa shape index (κ3) is 8.36. The van der Waals surface area contributed by atoms with Gasteiger partial charge in [0.25, 0.3) is 5.91 Å². The minimum absolute atomic E-state index is 0.0911. The van der Waals surface area contributed by atoms with Crippen LogP contribution < -0.4 is 25.4 Å². The molecule has 33 heavy (non-hydrogen) atoms. The van der Waals surface area contributed by atoms with E-state index < -0.39 is 11.7 Å². The van der Waals surface area contributed by atoms with Crippen LogP contribution in [0.4, 0.5) is 10.5 Å². The lowest BCUT2D eigenvalue weighted by atomic mass is 10.1. The highest BCUT2D eigenvalue weighted by molar-refractivity contribution is 5.99.